The van der Waals surface area contributed by atoms with E-state index >= 15 is 0 Å². The van der Waals surface area contributed by atoms with E-state index in [2.05, 4.69) is 5.32 Å². The number of nitrogens with one attached hydrogen (secondary N) is 1. The number of ether oxygens (including phenoxy) is 2. The summed E-state index contributed by atoms with van der Waals surface area (Å²) in [6, 6.07) is 14.1. The van der Waals surface area contributed by atoms with Gasteiger partial charge in [0.1, 0.15) is 4.32 Å². The van der Waals surface area contributed by atoms with Gasteiger partial charge in [0.25, 0.3) is 11.8 Å². The summed E-state index contributed by atoms with van der Waals surface area (Å²) >= 11 is 6.30. The Morgan fingerprint density at radius 3 is 2.62 bits per heavy atom. The van der Waals surface area contributed by atoms with Crippen LogP contribution >= 0.6 is 24.0 Å². The standard InChI is InChI=1S/C22H20N2O6S2/c1-29-17-11-14(12-18-21(28)24(22(31)32-18)10-9-20(26)27)7-8-16(17)30-13-19(25)23-15-5-3-2-4-6-15/h2-8,11-12H,9-10,13H2,1H3,(H,23,25)(H,26,27)/b18-12-. The van der Waals surface area contributed by atoms with Crippen molar-refractivity contribution in [2.75, 3.05) is 25.6 Å². The summed E-state index contributed by atoms with van der Waals surface area (Å²) in [7, 11) is 1.47. The lowest BCUT2D eigenvalue weighted by Gasteiger charge is -2.12. The Bertz CT molecular complexity index is 1070. The third kappa shape index (κ3) is 6.08. The molecule has 166 valence electrons. The van der Waals surface area contributed by atoms with E-state index in [1.54, 1.807) is 36.4 Å². The second-order valence-electron chi connectivity index (χ2n) is 6.59. The average molecular weight is 473 g/mol. The number of para-hydroxylation sites is 1. The summed E-state index contributed by atoms with van der Waals surface area (Å²) < 4.78 is 11.3. The molecule has 0 aromatic heterocycles. The van der Waals surface area contributed by atoms with Crippen molar-refractivity contribution in [1.82, 2.24) is 4.90 Å². The van der Waals surface area contributed by atoms with E-state index in [-0.39, 0.29) is 31.4 Å². The highest BCUT2D eigenvalue weighted by Crippen LogP contribution is 2.34. The van der Waals surface area contributed by atoms with Gasteiger partial charge >= 0.3 is 5.97 Å². The number of amides is 2. The number of methoxy groups -OCH3 is 1. The molecular formula is C22H20N2O6S2. The Labute approximate surface area is 194 Å². The molecule has 10 heteroatoms. The van der Waals surface area contributed by atoms with E-state index in [0.717, 1.165) is 11.8 Å². The van der Waals surface area contributed by atoms with E-state index in [1.807, 2.05) is 18.2 Å². The molecule has 1 heterocycles. The van der Waals surface area contributed by atoms with Crippen LogP contribution in [-0.4, -0.2) is 52.4 Å². The van der Waals surface area contributed by atoms with Gasteiger partial charge in [-0.2, -0.15) is 0 Å². The van der Waals surface area contributed by atoms with Crippen LogP contribution < -0.4 is 14.8 Å². The van der Waals surface area contributed by atoms with Crippen molar-refractivity contribution in [2.45, 2.75) is 6.42 Å². The quantitative estimate of drug-likeness (QED) is 0.423. The van der Waals surface area contributed by atoms with Crippen molar-refractivity contribution >= 4 is 57.8 Å². The molecule has 0 radical (unpaired) electrons. The van der Waals surface area contributed by atoms with E-state index in [9.17, 15) is 14.4 Å². The number of benzene rings is 2. The summed E-state index contributed by atoms with van der Waals surface area (Å²) in [4.78, 5) is 37.1. The van der Waals surface area contributed by atoms with Gasteiger partial charge in [0.05, 0.1) is 18.4 Å². The number of nitrogens with zero attached hydrogens (tertiary/aromatic N) is 1. The maximum absolute atomic E-state index is 12.5. The molecule has 2 aromatic rings. The number of carboxylic acid groups (broad SMARTS) is 1. The summed E-state index contributed by atoms with van der Waals surface area (Å²) in [5, 5.41) is 11.6. The van der Waals surface area contributed by atoms with E-state index in [4.69, 9.17) is 26.8 Å². The topological polar surface area (TPSA) is 105 Å². The van der Waals surface area contributed by atoms with Crippen molar-refractivity contribution in [3.63, 3.8) is 0 Å². The zero-order valence-corrected chi connectivity index (χ0v) is 18.7. The normalized spacial score (nSPS) is 14.5. The van der Waals surface area contributed by atoms with Crippen LogP contribution in [0, 0.1) is 0 Å². The van der Waals surface area contributed by atoms with Crippen LogP contribution in [0.2, 0.25) is 0 Å². The van der Waals surface area contributed by atoms with Gasteiger partial charge in [-0.25, -0.2) is 0 Å². The van der Waals surface area contributed by atoms with Crippen LogP contribution in [0.1, 0.15) is 12.0 Å². The Balaban J connectivity index is 1.66. The monoisotopic (exact) mass is 472 g/mol. The van der Waals surface area contributed by atoms with Gasteiger partial charge in [-0.05, 0) is 35.9 Å². The van der Waals surface area contributed by atoms with Crippen molar-refractivity contribution in [3.05, 3.63) is 59.0 Å². The molecular weight excluding hydrogens is 452 g/mol. The van der Waals surface area contributed by atoms with Gasteiger partial charge < -0.3 is 19.9 Å². The largest absolute Gasteiger partial charge is 0.493 e. The van der Waals surface area contributed by atoms with Crippen LogP contribution in [0.3, 0.4) is 0 Å². The number of thioether (sulfide) groups is 1. The average Bonchev–Trinajstić information content (AvgIpc) is 3.04. The molecule has 1 saturated heterocycles. The summed E-state index contributed by atoms with van der Waals surface area (Å²) in [6.07, 6.45) is 1.46. The number of hydrogen-bond acceptors (Lipinski definition) is 7. The Hall–Kier alpha value is -3.37. The molecule has 2 N–H and O–H groups in total. The molecule has 1 fully saturated rings. The van der Waals surface area contributed by atoms with Gasteiger partial charge in [-0.15, -0.1) is 0 Å². The van der Waals surface area contributed by atoms with E-state index in [1.165, 1.54) is 12.0 Å². The molecule has 0 bridgehead atoms. The van der Waals surface area contributed by atoms with Crippen LogP contribution in [-0.2, 0) is 14.4 Å². The number of thiocarbonyl (C=S) groups is 1. The number of carboxylic acids is 1. The van der Waals surface area contributed by atoms with E-state index in [0.29, 0.717) is 32.0 Å². The second-order valence-corrected chi connectivity index (χ2v) is 8.27. The number of anilines is 1. The number of hydrogen-bond donors (Lipinski definition) is 2. The first-order valence-corrected chi connectivity index (χ1v) is 10.7. The molecule has 0 unspecified atom stereocenters. The Morgan fingerprint density at radius 1 is 1.19 bits per heavy atom. The minimum absolute atomic E-state index is 0.0263. The fraction of sp³-hybridized carbons (Fsp3) is 0.182. The lowest BCUT2D eigenvalue weighted by atomic mass is 10.2. The summed E-state index contributed by atoms with van der Waals surface area (Å²) in [6.45, 7) is -0.175. The molecule has 0 spiro atoms. The van der Waals surface area contributed by atoms with Crippen molar-refractivity contribution < 1.29 is 29.0 Å². The summed E-state index contributed by atoms with van der Waals surface area (Å²) in [5.41, 5.74) is 1.34. The van der Waals surface area contributed by atoms with Crippen molar-refractivity contribution in [1.29, 1.82) is 0 Å². The zero-order valence-electron chi connectivity index (χ0n) is 17.1. The van der Waals surface area contributed by atoms with Gasteiger partial charge in [0.2, 0.25) is 0 Å². The first kappa shape index (κ1) is 23.3. The maximum Gasteiger partial charge on any atom is 0.305 e. The van der Waals surface area contributed by atoms with Crippen LogP contribution in [0.4, 0.5) is 5.69 Å². The number of carbonyl (C=O) groups is 3. The molecule has 2 aromatic carbocycles. The highest BCUT2D eigenvalue weighted by Gasteiger charge is 2.32. The maximum atomic E-state index is 12.5. The SMILES string of the molecule is COc1cc(/C=C2\SC(=S)N(CCC(=O)O)C2=O)ccc1OCC(=O)Nc1ccccc1. The smallest absolute Gasteiger partial charge is 0.305 e. The van der Waals surface area contributed by atoms with Gasteiger partial charge in [0, 0.05) is 12.2 Å². The van der Waals surface area contributed by atoms with E-state index < -0.39 is 5.97 Å². The van der Waals surface area contributed by atoms with Crippen molar-refractivity contribution in [3.8, 4) is 11.5 Å². The van der Waals surface area contributed by atoms with Crippen molar-refractivity contribution in [2.24, 2.45) is 0 Å². The fourth-order valence-electron chi connectivity index (χ4n) is 2.81. The van der Waals surface area contributed by atoms with Gasteiger partial charge in [-0.3, -0.25) is 19.3 Å². The molecule has 2 amide bonds. The number of aliphatic carboxylic acids is 1. The highest BCUT2D eigenvalue weighted by atomic mass is 32.2. The fourth-order valence-corrected chi connectivity index (χ4v) is 4.12. The van der Waals surface area contributed by atoms with Crippen LogP contribution in [0.15, 0.2) is 53.4 Å². The Morgan fingerprint density at radius 2 is 1.94 bits per heavy atom. The molecule has 0 aliphatic carbocycles. The van der Waals surface area contributed by atoms with Gasteiger partial charge in [0.15, 0.2) is 18.1 Å². The van der Waals surface area contributed by atoms with Gasteiger partial charge in [-0.1, -0.05) is 48.2 Å². The third-order valence-corrected chi connectivity index (χ3v) is 5.70. The number of rotatable bonds is 9. The second kappa shape index (κ2) is 10.8. The Kier molecular flexibility index (Phi) is 7.85. The summed E-state index contributed by atoms with van der Waals surface area (Å²) in [5.74, 6) is -0.874. The predicted octanol–water partition coefficient (Wildman–Crippen LogP) is 3.39. The molecule has 1 aliphatic heterocycles. The molecule has 32 heavy (non-hydrogen) atoms. The third-order valence-electron chi connectivity index (χ3n) is 4.32. The van der Waals surface area contributed by atoms with Crippen LogP contribution in [0.25, 0.3) is 6.08 Å². The zero-order chi connectivity index (χ0) is 23.1. The predicted molar refractivity (Wildman–Crippen MR) is 126 cm³/mol. The molecule has 1 aliphatic rings. The molecule has 0 saturated carbocycles. The lowest BCUT2D eigenvalue weighted by Crippen LogP contribution is -2.30. The number of carbonyl (C=O) groups excluding carboxylic acids is 2. The minimum Gasteiger partial charge on any atom is -0.493 e. The first-order chi connectivity index (χ1) is 15.4. The first-order valence-electron chi connectivity index (χ1n) is 9.50. The minimum atomic E-state index is -0.999. The molecule has 3 rings (SSSR count). The lowest BCUT2D eigenvalue weighted by molar-refractivity contribution is -0.137. The van der Waals surface area contributed by atoms with Crippen LogP contribution in [0.5, 0.6) is 11.5 Å². The highest BCUT2D eigenvalue weighted by molar-refractivity contribution is 8.26. The molecule has 8 nitrogen and oxygen atoms in total. The molecule has 0 atom stereocenters.